The molecule has 156 valence electrons. The van der Waals surface area contributed by atoms with Gasteiger partial charge >= 0.3 is 0 Å². The summed E-state index contributed by atoms with van der Waals surface area (Å²) in [5.74, 6) is -0.910. The van der Waals surface area contributed by atoms with E-state index < -0.39 is 30.6 Å². The molecule has 5 nitrogen and oxygen atoms in total. The quantitative estimate of drug-likeness (QED) is 0.293. The van der Waals surface area contributed by atoms with Crippen LogP contribution in [0.3, 0.4) is 0 Å². The van der Waals surface area contributed by atoms with Crippen LogP contribution in [-0.4, -0.2) is 45.7 Å². The lowest BCUT2D eigenvalue weighted by atomic mass is 10.0. The van der Waals surface area contributed by atoms with E-state index >= 15 is 0 Å². The summed E-state index contributed by atoms with van der Waals surface area (Å²) in [5, 5.41) is 19.7. The molecule has 5 heteroatoms. The number of hydrogen-bond acceptors (Lipinski definition) is 4. The van der Waals surface area contributed by atoms with Crippen molar-refractivity contribution < 1.29 is 19.8 Å². The second-order valence-electron chi connectivity index (χ2n) is 7.73. The Morgan fingerprint density at radius 2 is 1.19 bits per heavy atom. The molecule has 0 aliphatic carbocycles. The van der Waals surface area contributed by atoms with E-state index in [0.717, 1.165) is 24.2 Å². The maximum absolute atomic E-state index is 11.7. The summed E-state index contributed by atoms with van der Waals surface area (Å²) < 4.78 is 0. The molecule has 0 fully saturated rings. The lowest BCUT2D eigenvalue weighted by Crippen LogP contribution is -2.49. The second kappa shape index (κ2) is 14.8. The van der Waals surface area contributed by atoms with E-state index in [-0.39, 0.29) is 0 Å². The Labute approximate surface area is 164 Å². The highest BCUT2D eigenvalue weighted by Crippen LogP contribution is 2.17. The van der Waals surface area contributed by atoms with Crippen LogP contribution in [0, 0.1) is 0 Å². The van der Waals surface area contributed by atoms with Crippen LogP contribution < -0.4 is 0 Å². The van der Waals surface area contributed by atoms with Gasteiger partial charge in [-0.3, -0.25) is 14.5 Å². The molecule has 1 heterocycles. The number of imide groups is 1. The predicted molar refractivity (Wildman–Crippen MR) is 108 cm³/mol. The van der Waals surface area contributed by atoms with Gasteiger partial charge in [-0.15, -0.1) is 0 Å². The van der Waals surface area contributed by atoms with Gasteiger partial charge in [0, 0.05) is 12.2 Å². The highest BCUT2D eigenvalue weighted by Gasteiger charge is 2.34. The minimum atomic E-state index is -0.865. The van der Waals surface area contributed by atoms with Crippen LogP contribution in [0.25, 0.3) is 0 Å². The first-order valence-electron chi connectivity index (χ1n) is 11.0. The molecule has 0 unspecified atom stereocenters. The number of carbonyl (C=O) groups excluding carboxylic acids is 2. The van der Waals surface area contributed by atoms with Gasteiger partial charge in [-0.25, -0.2) is 0 Å². The van der Waals surface area contributed by atoms with Crippen molar-refractivity contribution in [1.29, 1.82) is 0 Å². The maximum Gasteiger partial charge on any atom is 0.254 e. The Kier molecular flexibility index (Phi) is 13.1. The standard InChI is InChI=1S/C22H39NO4/c1-2-3-4-5-6-7-8-9-10-11-12-13-14-15-20(25)19(18-24)23-21(26)16-17-22(23)27/h16-17,19-20,24-25H,2-15,18H2,1H3/t19-,20+/m0/s1. The molecular formula is C22H39NO4. The second-order valence-corrected chi connectivity index (χ2v) is 7.73. The first kappa shape index (κ1) is 23.8. The number of carbonyl (C=O) groups is 2. The first-order valence-corrected chi connectivity index (χ1v) is 11.0. The van der Waals surface area contributed by atoms with E-state index in [2.05, 4.69) is 6.92 Å². The molecule has 0 aromatic rings. The molecule has 27 heavy (non-hydrogen) atoms. The monoisotopic (exact) mass is 381 g/mol. The molecule has 1 rings (SSSR count). The van der Waals surface area contributed by atoms with Gasteiger partial charge in [0.1, 0.15) is 0 Å². The van der Waals surface area contributed by atoms with Crippen molar-refractivity contribution in [2.45, 2.75) is 109 Å². The zero-order valence-corrected chi connectivity index (χ0v) is 17.1. The Balaban J connectivity index is 1.99. The summed E-state index contributed by atoms with van der Waals surface area (Å²) in [6, 6.07) is -0.836. The highest BCUT2D eigenvalue weighted by molar-refractivity contribution is 6.13. The summed E-state index contributed by atoms with van der Waals surface area (Å²) in [5.41, 5.74) is 0. The average molecular weight is 382 g/mol. The fourth-order valence-electron chi connectivity index (χ4n) is 3.68. The summed E-state index contributed by atoms with van der Waals surface area (Å²) in [7, 11) is 0. The molecule has 2 N–H and O–H groups in total. The molecule has 0 saturated carbocycles. The van der Waals surface area contributed by atoms with Crippen molar-refractivity contribution >= 4 is 11.8 Å². The minimum Gasteiger partial charge on any atom is -0.394 e. The molecule has 2 amide bonds. The van der Waals surface area contributed by atoms with Crippen LogP contribution in [0.1, 0.15) is 96.8 Å². The molecule has 0 radical (unpaired) electrons. The third kappa shape index (κ3) is 9.52. The van der Waals surface area contributed by atoms with Crippen LogP contribution in [-0.2, 0) is 9.59 Å². The zero-order chi connectivity index (χ0) is 19.9. The smallest absolute Gasteiger partial charge is 0.254 e. The Bertz CT molecular complexity index is 432. The van der Waals surface area contributed by atoms with Crippen molar-refractivity contribution in [3.05, 3.63) is 12.2 Å². The number of aliphatic hydroxyl groups excluding tert-OH is 2. The van der Waals surface area contributed by atoms with E-state index in [0.29, 0.717) is 6.42 Å². The van der Waals surface area contributed by atoms with Crippen LogP contribution in [0.4, 0.5) is 0 Å². The molecule has 0 saturated heterocycles. The Morgan fingerprint density at radius 1 is 0.778 bits per heavy atom. The topological polar surface area (TPSA) is 77.8 Å². The van der Waals surface area contributed by atoms with Crippen molar-refractivity contribution in [1.82, 2.24) is 4.90 Å². The molecule has 0 spiro atoms. The molecule has 1 aliphatic heterocycles. The van der Waals surface area contributed by atoms with Gasteiger partial charge in [0.2, 0.25) is 0 Å². The average Bonchev–Trinajstić information content (AvgIpc) is 2.99. The summed E-state index contributed by atoms with van der Waals surface area (Å²) >= 11 is 0. The largest absolute Gasteiger partial charge is 0.394 e. The first-order chi connectivity index (χ1) is 13.1. The van der Waals surface area contributed by atoms with E-state index in [1.165, 1.54) is 76.4 Å². The number of aliphatic hydroxyl groups is 2. The number of unbranched alkanes of at least 4 members (excludes halogenated alkanes) is 12. The number of amides is 2. The van der Waals surface area contributed by atoms with E-state index in [1.807, 2.05) is 0 Å². The normalized spacial score (nSPS) is 16.3. The van der Waals surface area contributed by atoms with Crippen LogP contribution >= 0.6 is 0 Å². The van der Waals surface area contributed by atoms with Crippen molar-refractivity contribution in [2.75, 3.05) is 6.61 Å². The van der Waals surface area contributed by atoms with Crippen molar-refractivity contribution in [3.8, 4) is 0 Å². The van der Waals surface area contributed by atoms with Gasteiger partial charge in [-0.1, -0.05) is 90.4 Å². The summed E-state index contributed by atoms with van der Waals surface area (Å²) in [6.45, 7) is 1.84. The maximum atomic E-state index is 11.7. The predicted octanol–water partition coefficient (Wildman–Crippen LogP) is 4.11. The van der Waals surface area contributed by atoms with E-state index in [9.17, 15) is 19.8 Å². The van der Waals surface area contributed by atoms with Crippen LogP contribution in [0.5, 0.6) is 0 Å². The van der Waals surface area contributed by atoms with E-state index in [1.54, 1.807) is 0 Å². The number of hydrogen-bond donors (Lipinski definition) is 2. The number of rotatable bonds is 17. The zero-order valence-electron chi connectivity index (χ0n) is 17.1. The Hall–Kier alpha value is -1.20. The van der Waals surface area contributed by atoms with Crippen LogP contribution in [0.15, 0.2) is 12.2 Å². The third-order valence-electron chi connectivity index (χ3n) is 5.41. The lowest BCUT2D eigenvalue weighted by molar-refractivity contribution is -0.144. The van der Waals surface area contributed by atoms with Gasteiger partial charge in [0.15, 0.2) is 0 Å². The lowest BCUT2D eigenvalue weighted by Gasteiger charge is -2.28. The molecule has 0 aromatic carbocycles. The van der Waals surface area contributed by atoms with Gasteiger partial charge < -0.3 is 10.2 Å². The van der Waals surface area contributed by atoms with Crippen LogP contribution in [0.2, 0.25) is 0 Å². The van der Waals surface area contributed by atoms with Crippen molar-refractivity contribution in [2.24, 2.45) is 0 Å². The summed E-state index contributed by atoms with van der Waals surface area (Å²) in [4.78, 5) is 24.3. The Morgan fingerprint density at radius 3 is 1.59 bits per heavy atom. The van der Waals surface area contributed by atoms with Gasteiger partial charge in [-0.2, -0.15) is 0 Å². The van der Waals surface area contributed by atoms with Gasteiger partial charge in [0.05, 0.1) is 18.8 Å². The van der Waals surface area contributed by atoms with Gasteiger partial charge in [-0.05, 0) is 6.42 Å². The molecule has 0 bridgehead atoms. The third-order valence-corrected chi connectivity index (χ3v) is 5.41. The fraction of sp³-hybridized carbons (Fsp3) is 0.818. The molecular weight excluding hydrogens is 342 g/mol. The summed E-state index contributed by atoms with van der Waals surface area (Å²) in [6.07, 6.45) is 18.4. The van der Waals surface area contributed by atoms with Crippen molar-refractivity contribution in [3.63, 3.8) is 0 Å². The molecule has 0 aromatic heterocycles. The minimum absolute atomic E-state index is 0.404. The number of nitrogens with zero attached hydrogens (tertiary/aromatic N) is 1. The molecule has 1 aliphatic rings. The van der Waals surface area contributed by atoms with Gasteiger partial charge in [0.25, 0.3) is 11.8 Å². The fourth-order valence-corrected chi connectivity index (χ4v) is 3.68. The highest BCUT2D eigenvalue weighted by atomic mass is 16.3. The SMILES string of the molecule is CCCCCCCCCCCCCCC[C@@H](O)[C@H](CO)N1C(=O)C=CC1=O. The van der Waals surface area contributed by atoms with E-state index in [4.69, 9.17) is 0 Å². The molecule has 2 atom stereocenters.